The van der Waals surface area contributed by atoms with Gasteiger partial charge in [0.1, 0.15) is 18.9 Å². The molecule has 0 spiro atoms. The van der Waals surface area contributed by atoms with E-state index in [1.807, 2.05) is 0 Å². The van der Waals surface area contributed by atoms with Gasteiger partial charge >= 0.3 is 6.09 Å². The van der Waals surface area contributed by atoms with E-state index in [1.165, 1.54) is 17.0 Å². The average molecular weight is 380 g/mol. The van der Waals surface area contributed by atoms with Crippen LogP contribution in [0.1, 0.15) is 0 Å². The summed E-state index contributed by atoms with van der Waals surface area (Å²) in [5.74, 6) is 0.223. The molecule has 5 N–H and O–H groups in total. The average Bonchev–Trinajstić information content (AvgIpc) is 2.95. The van der Waals surface area contributed by atoms with Crippen LogP contribution in [0.2, 0.25) is 10.0 Å². The lowest BCUT2D eigenvalue weighted by Crippen LogP contribution is -2.36. The summed E-state index contributed by atoms with van der Waals surface area (Å²) < 4.78 is 4.93. The van der Waals surface area contributed by atoms with Crippen molar-refractivity contribution in [3.63, 3.8) is 0 Å². The second kappa shape index (κ2) is 8.33. The van der Waals surface area contributed by atoms with Gasteiger partial charge in [-0.2, -0.15) is 0 Å². The normalized spacial score (nSPS) is 15.9. The van der Waals surface area contributed by atoms with Gasteiger partial charge in [-0.15, -0.1) is 0 Å². The number of carbonyl (C=O) groups is 1. The van der Waals surface area contributed by atoms with Gasteiger partial charge in [-0.3, -0.25) is 10.4 Å². The van der Waals surface area contributed by atoms with E-state index >= 15 is 0 Å². The highest BCUT2D eigenvalue weighted by atomic mass is 35.5. The van der Waals surface area contributed by atoms with E-state index < -0.39 is 11.5 Å². The van der Waals surface area contributed by atoms with Crippen LogP contribution in [0, 0.1) is 0 Å². The zero-order valence-corrected chi connectivity index (χ0v) is 13.8. The largest absolute Gasteiger partial charge is 0.447 e. The molecule has 24 heavy (non-hydrogen) atoms. The number of nitrogens with two attached hydrogens (primary N) is 1. The number of carbonyl (C=O) groups excluding carboxylic acids is 1. The number of halogens is 2. The zero-order valence-electron chi connectivity index (χ0n) is 12.3. The number of ether oxygens (including phenoxy) is 1. The first kappa shape index (κ1) is 18.5. The molecule has 132 valence electrons. The maximum Gasteiger partial charge on any atom is 0.416 e. The van der Waals surface area contributed by atoms with E-state index in [1.54, 1.807) is 0 Å². The Morgan fingerprint density at radius 2 is 2.04 bits per heavy atom. The van der Waals surface area contributed by atoms with Gasteiger partial charge in [-0.1, -0.05) is 23.2 Å². The number of rotatable bonds is 5. The van der Waals surface area contributed by atoms with Crippen molar-refractivity contribution in [3.05, 3.63) is 22.2 Å². The number of nitrogens with zero attached hydrogens (tertiary/aromatic N) is 3. The first-order chi connectivity index (χ1) is 11.4. The summed E-state index contributed by atoms with van der Waals surface area (Å²) in [6.07, 6.45) is -0.688. The molecule has 1 amide bonds. The molecule has 0 aliphatic carbocycles. The Hall–Kier alpha value is -1.82. The molecule has 12 heteroatoms. The topological polar surface area (TPSA) is 133 Å². The number of anilines is 1. The van der Waals surface area contributed by atoms with Gasteiger partial charge < -0.3 is 15.8 Å². The number of nitrogen functional groups attached to an aromatic ring is 1. The lowest BCUT2D eigenvalue weighted by molar-refractivity contribution is -0.493. The van der Waals surface area contributed by atoms with Gasteiger partial charge in [0.15, 0.2) is 0 Å². The Balaban J connectivity index is 2.06. The van der Waals surface area contributed by atoms with Crippen LogP contribution in [0.5, 0.6) is 0 Å². The van der Waals surface area contributed by atoms with Crippen LogP contribution in [0.4, 0.5) is 16.2 Å². The summed E-state index contributed by atoms with van der Waals surface area (Å²) in [5, 5.41) is 19.7. The lowest BCUT2D eigenvalue weighted by Gasteiger charge is -2.16. The number of benzene rings is 1. The molecule has 1 aromatic carbocycles. The summed E-state index contributed by atoms with van der Waals surface area (Å²) in [6, 6.07) is 2.99. The van der Waals surface area contributed by atoms with E-state index in [4.69, 9.17) is 44.1 Å². The third kappa shape index (κ3) is 4.84. The molecule has 1 aliphatic rings. The summed E-state index contributed by atoms with van der Waals surface area (Å²) in [7, 11) is 0. The van der Waals surface area contributed by atoms with Gasteiger partial charge in [0.2, 0.25) is 5.96 Å². The Kier molecular flexibility index (Phi) is 6.43. The Labute approximate surface area is 146 Å². The van der Waals surface area contributed by atoms with E-state index in [0.717, 1.165) is 0 Å². The summed E-state index contributed by atoms with van der Waals surface area (Å²) in [4.78, 5) is 21.8. The highest BCUT2D eigenvalue weighted by Crippen LogP contribution is 2.35. The summed E-state index contributed by atoms with van der Waals surface area (Å²) in [6.45, 7) is 0.371. The van der Waals surface area contributed by atoms with Gasteiger partial charge in [0.05, 0.1) is 15.4 Å². The number of aliphatic imine (C=N–C) groups is 1. The van der Waals surface area contributed by atoms with Crippen molar-refractivity contribution in [3.8, 4) is 0 Å². The van der Waals surface area contributed by atoms with E-state index in [0.29, 0.717) is 18.8 Å². The fourth-order valence-electron chi connectivity index (χ4n) is 1.88. The Bertz CT molecular complexity index is 619. The second-order valence-corrected chi connectivity index (χ2v) is 5.36. The predicted molar refractivity (Wildman–Crippen MR) is 85.4 cm³/mol. The second-order valence-electron chi connectivity index (χ2n) is 4.55. The quantitative estimate of drug-likeness (QED) is 0.344. The molecule has 0 saturated carbocycles. The van der Waals surface area contributed by atoms with Gasteiger partial charge in [-0.25, -0.2) is 19.5 Å². The predicted octanol–water partition coefficient (Wildman–Crippen LogP) is 1.62. The third-order valence-corrected chi connectivity index (χ3v) is 3.44. The van der Waals surface area contributed by atoms with E-state index in [-0.39, 0.29) is 34.9 Å². The monoisotopic (exact) mass is 379 g/mol. The van der Waals surface area contributed by atoms with E-state index in [9.17, 15) is 4.79 Å². The van der Waals surface area contributed by atoms with Crippen LogP contribution in [0.15, 0.2) is 17.1 Å². The lowest BCUT2D eigenvalue weighted by atomic mass is 10.3. The van der Waals surface area contributed by atoms with Crippen molar-refractivity contribution in [1.82, 2.24) is 15.6 Å². The highest BCUT2D eigenvalue weighted by Gasteiger charge is 2.26. The van der Waals surface area contributed by atoms with Gasteiger partial charge in [0.25, 0.3) is 0 Å². The molecule has 0 atom stereocenters. The Morgan fingerprint density at radius 3 is 2.67 bits per heavy atom. The van der Waals surface area contributed by atoms with E-state index in [2.05, 4.69) is 15.1 Å². The van der Waals surface area contributed by atoms with Crippen LogP contribution in [-0.2, 0) is 9.57 Å². The van der Waals surface area contributed by atoms with Crippen molar-refractivity contribution in [2.45, 2.75) is 0 Å². The number of amides is 1. The number of guanidine groups is 1. The minimum atomic E-state index is -0.688. The first-order valence-corrected chi connectivity index (χ1v) is 7.46. The molecule has 0 aromatic heterocycles. The maximum absolute atomic E-state index is 12.0. The van der Waals surface area contributed by atoms with Crippen molar-refractivity contribution < 1.29 is 24.8 Å². The maximum atomic E-state index is 12.0. The van der Waals surface area contributed by atoms with Crippen molar-refractivity contribution in [2.24, 2.45) is 4.99 Å². The van der Waals surface area contributed by atoms with Crippen LogP contribution in [0.25, 0.3) is 0 Å². The smallest absolute Gasteiger partial charge is 0.416 e. The molecule has 10 nitrogen and oxygen atoms in total. The molecule has 1 heterocycles. The zero-order chi connectivity index (χ0) is 17.7. The van der Waals surface area contributed by atoms with Crippen LogP contribution in [-0.4, -0.2) is 59.1 Å². The third-order valence-electron chi connectivity index (χ3n) is 2.87. The van der Waals surface area contributed by atoms with Gasteiger partial charge in [-0.05, 0) is 12.1 Å². The minimum absolute atomic E-state index is 0.191. The first-order valence-electron chi connectivity index (χ1n) is 6.70. The Morgan fingerprint density at radius 1 is 1.38 bits per heavy atom. The fourth-order valence-corrected chi connectivity index (χ4v) is 2.47. The number of hydrogen-bond acceptors (Lipinski definition) is 8. The van der Waals surface area contributed by atoms with Crippen LogP contribution >= 0.6 is 23.2 Å². The molecule has 0 radical (unpaired) electrons. The number of hydrogen-bond donors (Lipinski definition) is 4. The van der Waals surface area contributed by atoms with Crippen molar-refractivity contribution in [2.75, 3.05) is 32.0 Å². The summed E-state index contributed by atoms with van der Waals surface area (Å²) in [5.41, 5.74) is 6.30. The molecular formula is C12H15Cl2N5O5. The summed E-state index contributed by atoms with van der Waals surface area (Å²) >= 11 is 12.1. The SMILES string of the molecule is Nc1cc(Cl)c(/N=C2\NCCN2C(=O)OCCON(O)O)c(Cl)c1. The molecule has 1 fully saturated rings. The molecule has 1 saturated heterocycles. The van der Waals surface area contributed by atoms with Gasteiger partial charge in [0, 0.05) is 18.8 Å². The number of nitrogens with one attached hydrogen (secondary N) is 1. The molecule has 2 rings (SSSR count). The molecule has 0 unspecified atom stereocenters. The van der Waals surface area contributed by atoms with Crippen LogP contribution < -0.4 is 11.1 Å². The standard InChI is InChI=1S/C12H15Cl2N5O5/c13-8-5-7(15)6-9(14)10(8)17-11-16-1-2-18(11)12(20)23-3-4-24-19(21)22/h5-6,21-22H,1-4,15H2,(H,16,17). The van der Waals surface area contributed by atoms with Crippen LogP contribution in [0.3, 0.4) is 0 Å². The molecular weight excluding hydrogens is 365 g/mol. The minimum Gasteiger partial charge on any atom is -0.447 e. The fraction of sp³-hybridized carbons (Fsp3) is 0.333. The molecule has 0 bridgehead atoms. The highest BCUT2D eigenvalue weighted by molar-refractivity contribution is 6.39. The van der Waals surface area contributed by atoms with Crippen molar-refractivity contribution in [1.29, 1.82) is 0 Å². The van der Waals surface area contributed by atoms with Crippen molar-refractivity contribution >= 4 is 46.6 Å². The molecule has 1 aliphatic heterocycles. The molecule has 1 aromatic rings.